The maximum absolute atomic E-state index is 10.8. The Labute approximate surface area is 101 Å². The maximum Gasteiger partial charge on any atom is 0.317 e. The van der Waals surface area contributed by atoms with Crippen molar-refractivity contribution in [1.29, 1.82) is 0 Å². The molecule has 0 aliphatic carbocycles. The molecular formula is C11H20N4O2. The summed E-state index contributed by atoms with van der Waals surface area (Å²) < 4.78 is 1.77. The van der Waals surface area contributed by atoms with E-state index in [2.05, 4.69) is 5.10 Å². The van der Waals surface area contributed by atoms with Gasteiger partial charge in [0.05, 0.1) is 12.2 Å². The van der Waals surface area contributed by atoms with Gasteiger partial charge in [-0.1, -0.05) is 0 Å². The van der Waals surface area contributed by atoms with Gasteiger partial charge in [-0.15, -0.1) is 0 Å². The molecule has 0 radical (unpaired) electrons. The standard InChI is InChI=1S/C11H20N4O2/c1-13(2)6-7-15(9-11(16)17)8-10-4-5-12-14(10)3/h4-5H,6-9H2,1-3H3,(H,16,17). The van der Waals surface area contributed by atoms with Crippen LogP contribution < -0.4 is 0 Å². The van der Waals surface area contributed by atoms with E-state index in [0.29, 0.717) is 6.54 Å². The van der Waals surface area contributed by atoms with Crippen LogP contribution in [0.4, 0.5) is 0 Å². The molecule has 6 heteroatoms. The SMILES string of the molecule is CN(C)CCN(CC(=O)O)Cc1ccnn1C. The predicted molar refractivity (Wildman–Crippen MR) is 64.7 cm³/mol. The number of rotatable bonds is 7. The Morgan fingerprint density at radius 3 is 2.65 bits per heavy atom. The summed E-state index contributed by atoms with van der Waals surface area (Å²) in [5.41, 5.74) is 1.02. The Bertz CT molecular complexity index is 362. The average molecular weight is 240 g/mol. The van der Waals surface area contributed by atoms with Gasteiger partial charge in [0.2, 0.25) is 0 Å². The molecular weight excluding hydrogens is 220 g/mol. The zero-order valence-corrected chi connectivity index (χ0v) is 10.6. The van der Waals surface area contributed by atoms with Crippen molar-refractivity contribution in [2.75, 3.05) is 33.7 Å². The third-order valence-corrected chi connectivity index (χ3v) is 2.53. The topological polar surface area (TPSA) is 61.6 Å². The van der Waals surface area contributed by atoms with Gasteiger partial charge in [0.1, 0.15) is 0 Å². The molecule has 0 amide bonds. The summed E-state index contributed by atoms with van der Waals surface area (Å²) in [4.78, 5) is 14.7. The van der Waals surface area contributed by atoms with Crippen LogP contribution in [0, 0.1) is 0 Å². The lowest BCUT2D eigenvalue weighted by Gasteiger charge is -2.22. The molecule has 1 rings (SSSR count). The summed E-state index contributed by atoms with van der Waals surface area (Å²) in [5.74, 6) is -0.800. The summed E-state index contributed by atoms with van der Waals surface area (Å²) in [6.45, 7) is 2.23. The predicted octanol–water partition coefficient (Wildman–Crippen LogP) is -0.132. The van der Waals surface area contributed by atoms with Crippen molar-refractivity contribution in [2.45, 2.75) is 6.54 Å². The quantitative estimate of drug-likeness (QED) is 0.719. The first-order valence-corrected chi connectivity index (χ1v) is 5.55. The molecule has 0 saturated heterocycles. The van der Waals surface area contributed by atoms with E-state index in [0.717, 1.165) is 18.8 Å². The monoisotopic (exact) mass is 240 g/mol. The summed E-state index contributed by atoms with van der Waals surface area (Å²) >= 11 is 0. The smallest absolute Gasteiger partial charge is 0.317 e. The van der Waals surface area contributed by atoms with E-state index < -0.39 is 5.97 Å². The first-order chi connectivity index (χ1) is 7.99. The molecule has 0 saturated carbocycles. The highest BCUT2D eigenvalue weighted by Crippen LogP contribution is 2.02. The summed E-state index contributed by atoms with van der Waals surface area (Å²) in [6.07, 6.45) is 1.72. The van der Waals surface area contributed by atoms with E-state index in [1.807, 2.05) is 37.0 Å². The van der Waals surface area contributed by atoms with E-state index in [-0.39, 0.29) is 6.54 Å². The number of likely N-dealkylation sites (N-methyl/N-ethyl adjacent to an activating group) is 1. The fraction of sp³-hybridized carbons (Fsp3) is 0.636. The minimum absolute atomic E-state index is 0.0546. The zero-order chi connectivity index (χ0) is 12.8. The van der Waals surface area contributed by atoms with Gasteiger partial charge < -0.3 is 10.0 Å². The Balaban J connectivity index is 2.57. The van der Waals surface area contributed by atoms with Crippen LogP contribution in [0.2, 0.25) is 0 Å². The second-order valence-electron chi connectivity index (χ2n) is 4.35. The van der Waals surface area contributed by atoms with Crippen LogP contribution >= 0.6 is 0 Å². The Morgan fingerprint density at radius 1 is 1.47 bits per heavy atom. The molecule has 0 aliphatic heterocycles. The van der Waals surface area contributed by atoms with Crippen molar-refractivity contribution >= 4 is 5.97 Å². The summed E-state index contributed by atoms with van der Waals surface area (Å²) in [5, 5.41) is 12.9. The van der Waals surface area contributed by atoms with Gasteiger partial charge >= 0.3 is 5.97 Å². The minimum Gasteiger partial charge on any atom is -0.480 e. The molecule has 1 aromatic rings. The van der Waals surface area contributed by atoms with Gasteiger partial charge in [-0.3, -0.25) is 14.4 Å². The lowest BCUT2D eigenvalue weighted by atomic mass is 10.3. The molecule has 1 N–H and O–H groups in total. The molecule has 96 valence electrons. The van der Waals surface area contributed by atoms with E-state index in [1.165, 1.54) is 0 Å². The second-order valence-corrected chi connectivity index (χ2v) is 4.35. The highest BCUT2D eigenvalue weighted by atomic mass is 16.4. The highest BCUT2D eigenvalue weighted by molar-refractivity contribution is 5.69. The van der Waals surface area contributed by atoms with Crippen molar-refractivity contribution in [3.05, 3.63) is 18.0 Å². The lowest BCUT2D eigenvalue weighted by Crippen LogP contribution is -2.35. The lowest BCUT2D eigenvalue weighted by molar-refractivity contribution is -0.138. The molecule has 1 aromatic heterocycles. The number of hydrogen-bond donors (Lipinski definition) is 1. The van der Waals surface area contributed by atoms with Crippen molar-refractivity contribution in [3.8, 4) is 0 Å². The molecule has 0 atom stereocenters. The molecule has 1 heterocycles. The van der Waals surface area contributed by atoms with Gasteiger partial charge in [0.15, 0.2) is 0 Å². The number of carboxylic acid groups (broad SMARTS) is 1. The van der Waals surface area contributed by atoms with Gasteiger partial charge in [-0.25, -0.2) is 0 Å². The van der Waals surface area contributed by atoms with Crippen LogP contribution in [-0.4, -0.2) is 64.4 Å². The third-order valence-electron chi connectivity index (χ3n) is 2.53. The van der Waals surface area contributed by atoms with Crippen molar-refractivity contribution in [3.63, 3.8) is 0 Å². The average Bonchev–Trinajstić information content (AvgIpc) is 2.60. The zero-order valence-electron chi connectivity index (χ0n) is 10.6. The number of carboxylic acids is 1. The molecule has 6 nitrogen and oxygen atoms in total. The molecule has 0 unspecified atom stereocenters. The fourth-order valence-electron chi connectivity index (χ4n) is 1.53. The molecule has 0 spiro atoms. The van der Waals surface area contributed by atoms with Crippen molar-refractivity contribution in [1.82, 2.24) is 19.6 Å². The minimum atomic E-state index is -0.800. The first kappa shape index (κ1) is 13.7. The third kappa shape index (κ3) is 4.97. The number of carbonyl (C=O) groups is 1. The van der Waals surface area contributed by atoms with Crippen LogP contribution in [0.15, 0.2) is 12.3 Å². The second kappa shape index (κ2) is 6.36. The van der Waals surface area contributed by atoms with Gasteiger partial charge in [0.25, 0.3) is 0 Å². The normalized spacial score (nSPS) is 11.4. The maximum atomic E-state index is 10.8. The van der Waals surface area contributed by atoms with E-state index >= 15 is 0 Å². The summed E-state index contributed by atoms with van der Waals surface area (Å²) in [7, 11) is 5.81. The molecule has 0 bridgehead atoms. The number of nitrogens with zero attached hydrogens (tertiary/aromatic N) is 4. The van der Waals surface area contributed by atoms with Crippen molar-refractivity contribution in [2.24, 2.45) is 7.05 Å². The molecule has 0 aromatic carbocycles. The Morgan fingerprint density at radius 2 is 2.18 bits per heavy atom. The Kier molecular flexibility index (Phi) is 5.11. The molecule has 0 fully saturated rings. The van der Waals surface area contributed by atoms with Crippen LogP contribution in [0.5, 0.6) is 0 Å². The van der Waals surface area contributed by atoms with Crippen LogP contribution in [0.1, 0.15) is 5.69 Å². The molecule has 0 aliphatic rings. The van der Waals surface area contributed by atoms with E-state index in [1.54, 1.807) is 10.9 Å². The number of hydrogen-bond acceptors (Lipinski definition) is 4. The largest absolute Gasteiger partial charge is 0.480 e. The number of aryl methyl sites for hydroxylation is 1. The summed E-state index contributed by atoms with van der Waals surface area (Å²) in [6, 6.07) is 1.91. The van der Waals surface area contributed by atoms with Crippen LogP contribution in [-0.2, 0) is 18.4 Å². The number of aliphatic carboxylic acids is 1. The van der Waals surface area contributed by atoms with Gasteiger partial charge in [-0.05, 0) is 20.2 Å². The fourth-order valence-corrected chi connectivity index (χ4v) is 1.53. The van der Waals surface area contributed by atoms with Gasteiger partial charge in [0, 0.05) is 32.9 Å². The Hall–Kier alpha value is -1.40. The molecule has 17 heavy (non-hydrogen) atoms. The van der Waals surface area contributed by atoms with Crippen molar-refractivity contribution < 1.29 is 9.90 Å². The van der Waals surface area contributed by atoms with Gasteiger partial charge in [-0.2, -0.15) is 5.10 Å². The van der Waals surface area contributed by atoms with E-state index in [9.17, 15) is 4.79 Å². The first-order valence-electron chi connectivity index (χ1n) is 5.55. The highest BCUT2D eigenvalue weighted by Gasteiger charge is 2.12. The van der Waals surface area contributed by atoms with Crippen LogP contribution in [0.25, 0.3) is 0 Å². The van der Waals surface area contributed by atoms with E-state index in [4.69, 9.17) is 5.11 Å². The number of aromatic nitrogens is 2. The van der Waals surface area contributed by atoms with Crippen LogP contribution in [0.3, 0.4) is 0 Å².